The highest BCUT2D eigenvalue weighted by Gasteiger charge is 2.31. The average Bonchev–Trinajstić information content (AvgIpc) is 2.95. The van der Waals surface area contributed by atoms with Crippen LogP contribution in [-0.2, 0) is 16.0 Å². The van der Waals surface area contributed by atoms with Gasteiger partial charge in [-0.15, -0.1) is 0 Å². The van der Waals surface area contributed by atoms with Crippen molar-refractivity contribution < 1.29 is 9.59 Å². The molecule has 124 valence electrons. The number of nitrogens with zero attached hydrogens (tertiary/aromatic N) is 1. The van der Waals surface area contributed by atoms with Gasteiger partial charge in [-0.25, -0.2) is 0 Å². The van der Waals surface area contributed by atoms with Crippen molar-refractivity contribution in [2.75, 3.05) is 17.2 Å². The molecule has 2 aromatic rings. The zero-order valence-corrected chi connectivity index (χ0v) is 14.6. The third-order valence-electron chi connectivity index (χ3n) is 4.25. The Bertz CT molecular complexity index is 729. The number of thioether (sulfide) groups is 1. The molecule has 0 aromatic heterocycles. The maximum Gasteiger partial charge on any atom is 0.227 e. The molecule has 0 bridgehead atoms. The van der Waals surface area contributed by atoms with E-state index in [1.807, 2.05) is 41.3 Å². The SMILES string of the molecule is CC(=O)SCC1CC(=O)N(c2ccccc2Cc2ccccc2)C1. The first kappa shape index (κ1) is 16.8. The summed E-state index contributed by atoms with van der Waals surface area (Å²) in [7, 11) is 0. The predicted octanol–water partition coefficient (Wildman–Crippen LogP) is 3.91. The molecule has 24 heavy (non-hydrogen) atoms. The Balaban J connectivity index is 1.77. The summed E-state index contributed by atoms with van der Waals surface area (Å²) in [6, 6.07) is 18.4. The average molecular weight is 339 g/mol. The summed E-state index contributed by atoms with van der Waals surface area (Å²) in [5, 5.41) is 0.116. The van der Waals surface area contributed by atoms with E-state index in [1.165, 1.54) is 17.3 Å². The second-order valence-electron chi connectivity index (χ2n) is 6.17. The molecule has 0 spiro atoms. The molecule has 0 N–H and O–H groups in total. The van der Waals surface area contributed by atoms with E-state index in [2.05, 4.69) is 18.2 Å². The van der Waals surface area contributed by atoms with Gasteiger partial charge in [0.1, 0.15) is 0 Å². The van der Waals surface area contributed by atoms with Gasteiger partial charge in [-0.1, -0.05) is 60.3 Å². The molecule has 1 aliphatic heterocycles. The Kier molecular flexibility index (Phi) is 5.36. The van der Waals surface area contributed by atoms with Crippen LogP contribution in [0.4, 0.5) is 5.69 Å². The van der Waals surface area contributed by atoms with Crippen molar-refractivity contribution in [3.05, 3.63) is 65.7 Å². The normalized spacial score (nSPS) is 17.3. The van der Waals surface area contributed by atoms with Gasteiger partial charge in [-0.2, -0.15) is 0 Å². The van der Waals surface area contributed by atoms with Gasteiger partial charge in [0.2, 0.25) is 5.91 Å². The quantitative estimate of drug-likeness (QED) is 0.829. The fraction of sp³-hybridized carbons (Fsp3) is 0.300. The third-order valence-corrected chi connectivity index (χ3v) is 5.29. The van der Waals surface area contributed by atoms with Gasteiger partial charge in [0.15, 0.2) is 5.12 Å². The van der Waals surface area contributed by atoms with Gasteiger partial charge in [0, 0.05) is 31.3 Å². The largest absolute Gasteiger partial charge is 0.312 e. The molecule has 0 saturated carbocycles. The van der Waals surface area contributed by atoms with Gasteiger partial charge in [0.05, 0.1) is 0 Å². The second-order valence-corrected chi connectivity index (χ2v) is 7.37. The van der Waals surface area contributed by atoms with Crippen molar-refractivity contribution in [1.82, 2.24) is 0 Å². The highest BCUT2D eigenvalue weighted by molar-refractivity contribution is 8.13. The zero-order chi connectivity index (χ0) is 16.9. The molecular formula is C20H21NO2S. The summed E-state index contributed by atoms with van der Waals surface area (Å²) in [5.74, 6) is 1.12. The van der Waals surface area contributed by atoms with Crippen LogP contribution >= 0.6 is 11.8 Å². The summed E-state index contributed by atoms with van der Waals surface area (Å²) in [6.07, 6.45) is 1.34. The minimum Gasteiger partial charge on any atom is -0.312 e. The van der Waals surface area contributed by atoms with Gasteiger partial charge in [-0.3, -0.25) is 9.59 Å². The third kappa shape index (κ3) is 4.06. The van der Waals surface area contributed by atoms with Crippen LogP contribution in [0.2, 0.25) is 0 Å². The van der Waals surface area contributed by atoms with Crippen LogP contribution in [-0.4, -0.2) is 23.3 Å². The molecule has 1 heterocycles. The van der Waals surface area contributed by atoms with E-state index in [9.17, 15) is 9.59 Å². The molecule has 1 fully saturated rings. The number of amides is 1. The molecule has 1 saturated heterocycles. The van der Waals surface area contributed by atoms with Gasteiger partial charge in [-0.05, 0) is 29.5 Å². The van der Waals surface area contributed by atoms with Gasteiger partial charge >= 0.3 is 0 Å². The minimum absolute atomic E-state index is 0.116. The number of para-hydroxylation sites is 1. The lowest BCUT2D eigenvalue weighted by Crippen LogP contribution is -2.26. The van der Waals surface area contributed by atoms with Crippen molar-refractivity contribution in [1.29, 1.82) is 0 Å². The van der Waals surface area contributed by atoms with Crippen molar-refractivity contribution in [3.63, 3.8) is 0 Å². The molecule has 4 heteroatoms. The maximum atomic E-state index is 12.5. The van der Waals surface area contributed by atoms with Crippen LogP contribution < -0.4 is 4.90 Å². The monoisotopic (exact) mass is 339 g/mol. The molecule has 1 atom stereocenters. The van der Waals surface area contributed by atoms with Crippen LogP contribution in [0.5, 0.6) is 0 Å². The fourth-order valence-corrected chi connectivity index (χ4v) is 3.79. The molecule has 1 amide bonds. The maximum absolute atomic E-state index is 12.5. The van der Waals surface area contributed by atoms with E-state index in [1.54, 1.807) is 6.92 Å². The lowest BCUT2D eigenvalue weighted by atomic mass is 10.0. The van der Waals surface area contributed by atoms with E-state index >= 15 is 0 Å². The summed E-state index contributed by atoms with van der Waals surface area (Å²) in [4.78, 5) is 25.5. The van der Waals surface area contributed by atoms with Crippen LogP contribution in [0.15, 0.2) is 54.6 Å². The van der Waals surface area contributed by atoms with Crippen LogP contribution in [0, 0.1) is 5.92 Å². The Labute approximate surface area is 147 Å². The summed E-state index contributed by atoms with van der Waals surface area (Å²) in [5.41, 5.74) is 3.40. The number of benzene rings is 2. The topological polar surface area (TPSA) is 37.4 Å². The van der Waals surface area contributed by atoms with E-state index in [4.69, 9.17) is 0 Å². The lowest BCUT2D eigenvalue weighted by Gasteiger charge is -2.20. The number of carbonyl (C=O) groups is 2. The van der Waals surface area contributed by atoms with Crippen molar-refractivity contribution in [2.45, 2.75) is 19.8 Å². The molecule has 1 unspecified atom stereocenters. The van der Waals surface area contributed by atoms with Gasteiger partial charge < -0.3 is 4.90 Å². The van der Waals surface area contributed by atoms with Crippen molar-refractivity contribution >= 4 is 28.5 Å². The number of hydrogen-bond donors (Lipinski definition) is 0. The molecule has 2 aromatic carbocycles. The van der Waals surface area contributed by atoms with E-state index in [0.717, 1.165) is 23.4 Å². The number of anilines is 1. The molecule has 0 radical (unpaired) electrons. The summed E-state index contributed by atoms with van der Waals surface area (Å²) >= 11 is 1.32. The smallest absolute Gasteiger partial charge is 0.227 e. The van der Waals surface area contributed by atoms with Crippen LogP contribution in [0.25, 0.3) is 0 Å². The van der Waals surface area contributed by atoms with Crippen LogP contribution in [0.1, 0.15) is 24.5 Å². The first-order chi connectivity index (χ1) is 11.6. The molecule has 3 nitrogen and oxygen atoms in total. The Hall–Kier alpha value is -2.07. The molecular weight excluding hydrogens is 318 g/mol. The van der Waals surface area contributed by atoms with Gasteiger partial charge in [0.25, 0.3) is 0 Å². The lowest BCUT2D eigenvalue weighted by molar-refractivity contribution is -0.117. The Morgan fingerprint density at radius 3 is 2.58 bits per heavy atom. The van der Waals surface area contributed by atoms with Crippen molar-refractivity contribution in [3.8, 4) is 0 Å². The number of hydrogen-bond acceptors (Lipinski definition) is 3. The van der Waals surface area contributed by atoms with E-state index in [0.29, 0.717) is 13.0 Å². The fourth-order valence-electron chi connectivity index (χ4n) is 3.10. The highest BCUT2D eigenvalue weighted by atomic mass is 32.2. The predicted molar refractivity (Wildman–Crippen MR) is 99.3 cm³/mol. The summed E-state index contributed by atoms with van der Waals surface area (Å²) in [6.45, 7) is 2.28. The first-order valence-corrected chi connectivity index (χ1v) is 9.17. The molecule has 3 rings (SSSR count). The van der Waals surface area contributed by atoms with E-state index < -0.39 is 0 Å². The molecule has 0 aliphatic carbocycles. The second kappa shape index (κ2) is 7.67. The number of carbonyl (C=O) groups excluding carboxylic acids is 2. The Morgan fingerprint density at radius 2 is 1.83 bits per heavy atom. The Morgan fingerprint density at radius 1 is 1.12 bits per heavy atom. The number of rotatable bonds is 5. The van der Waals surface area contributed by atoms with E-state index in [-0.39, 0.29) is 16.9 Å². The standard InChI is InChI=1S/C20H21NO2S/c1-15(22)24-14-17-12-20(23)21(13-17)19-10-6-5-9-18(19)11-16-7-3-2-4-8-16/h2-10,17H,11-14H2,1H3. The van der Waals surface area contributed by atoms with Crippen molar-refractivity contribution in [2.24, 2.45) is 5.92 Å². The summed E-state index contributed by atoms with van der Waals surface area (Å²) < 4.78 is 0. The zero-order valence-electron chi connectivity index (χ0n) is 13.8. The highest BCUT2D eigenvalue weighted by Crippen LogP contribution is 2.31. The minimum atomic E-state index is 0.116. The molecule has 1 aliphatic rings. The first-order valence-electron chi connectivity index (χ1n) is 8.19. The van der Waals surface area contributed by atoms with Crippen LogP contribution in [0.3, 0.4) is 0 Å².